The van der Waals surface area contributed by atoms with Gasteiger partial charge < -0.3 is 10.1 Å². The van der Waals surface area contributed by atoms with Crippen molar-refractivity contribution in [2.45, 2.75) is 31.1 Å². The summed E-state index contributed by atoms with van der Waals surface area (Å²) in [5.74, 6) is -0.775. The molecule has 0 aliphatic carbocycles. The maximum atomic E-state index is 12.0. The quantitative estimate of drug-likeness (QED) is 0.449. The van der Waals surface area contributed by atoms with Crippen LogP contribution in [0.4, 0.5) is 5.69 Å². The summed E-state index contributed by atoms with van der Waals surface area (Å²) in [5, 5.41) is 13.4. The van der Waals surface area contributed by atoms with E-state index in [1.165, 1.54) is 0 Å². The Labute approximate surface area is 157 Å². The number of thiocyanates is 1. The molecule has 2 rings (SSSR count). The first-order valence-electron chi connectivity index (χ1n) is 8.16. The number of esters is 1. The molecule has 2 aromatic rings. The Bertz CT molecular complexity index is 816. The molecule has 0 heterocycles. The Morgan fingerprint density at radius 2 is 1.96 bits per heavy atom. The summed E-state index contributed by atoms with van der Waals surface area (Å²) in [4.78, 5) is 24.7. The second kappa shape index (κ2) is 9.64. The first-order valence-corrected chi connectivity index (χ1v) is 8.98. The molecule has 2 aromatic carbocycles. The van der Waals surface area contributed by atoms with Gasteiger partial charge in [0, 0.05) is 10.6 Å². The second-order valence-electron chi connectivity index (χ2n) is 5.89. The number of anilines is 1. The van der Waals surface area contributed by atoms with Crippen molar-refractivity contribution in [3.05, 3.63) is 59.7 Å². The lowest BCUT2D eigenvalue weighted by Gasteiger charge is -2.12. The Morgan fingerprint density at radius 1 is 1.23 bits per heavy atom. The van der Waals surface area contributed by atoms with E-state index in [-0.39, 0.29) is 18.9 Å². The summed E-state index contributed by atoms with van der Waals surface area (Å²) >= 11 is 1.06. The Kier molecular flexibility index (Phi) is 7.24. The van der Waals surface area contributed by atoms with Crippen LogP contribution in [0.25, 0.3) is 0 Å². The minimum absolute atomic E-state index is 0.0270. The number of carbonyl (C=O) groups excluding carboxylic acids is 2. The van der Waals surface area contributed by atoms with E-state index in [1.807, 2.05) is 55.6 Å². The summed E-state index contributed by atoms with van der Waals surface area (Å²) < 4.78 is 5.07. The van der Waals surface area contributed by atoms with Crippen LogP contribution in [-0.2, 0) is 14.3 Å². The highest BCUT2D eigenvalue weighted by atomic mass is 32.2. The maximum Gasteiger partial charge on any atom is 0.306 e. The van der Waals surface area contributed by atoms with Crippen LogP contribution in [0, 0.1) is 17.6 Å². The summed E-state index contributed by atoms with van der Waals surface area (Å²) in [6.07, 6.45) is 0.219. The normalized spacial score (nSPS) is 11.3. The molecule has 0 aromatic heterocycles. The number of hydrogen-bond donors (Lipinski definition) is 1. The maximum absolute atomic E-state index is 12.0. The number of amides is 1. The third-order valence-electron chi connectivity index (χ3n) is 3.84. The first-order chi connectivity index (χ1) is 12.5. The molecular weight excluding hydrogens is 348 g/mol. The van der Waals surface area contributed by atoms with Gasteiger partial charge in [-0.1, -0.05) is 37.3 Å². The van der Waals surface area contributed by atoms with Gasteiger partial charge in [0.05, 0.1) is 6.42 Å². The topological polar surface area (TPSA) is 79.2 Å². The number of nitrogens with zero attached hydrogens (tertiary/aromatic N) is 1. The molecule has 1 N–H and O–H groups in total. The molecule has 0 spiro atoms. The fraction of sp³-hybridized carbons (Fsp3) is 0.250. The fourth-order valence-corrected chi connectivity index (χ4v) is 2.91. The highest BCUT2D eigenvalue weighted by Crippen LogP contribution is 2.23. The number of aryl methyl sites for hydroxylation is 1. The van der Waals surface area contributed by atoms with Gasteiger partial charge in [0.1, 0.15) is 5.40 Å². The summed E-state index contributed by atoms with van der Waals surface area (Å²) in [6.45, 7) is 3.46. The van der Waals surface area contributed by atoms with Gasteiger partial charge in [-0.25, -0.2) is 0 Å². The van der Waals surface area contributed by atoms with Gasteiger partial charge in [0.25, 0.3) is 5.91 Å². The number of thioether (sulfide) groups is 1. The lowest BCUT2D eigenvalue weighted by atomic mass is 9.98. The molecule has 5 nitrogen and oxygen atoms in total. The number of carbonyl (C=O) groups is 2. The number of nitrogens with one attached hydrogen (secondary N) is 1. The Balaban J connectivity index is 1.81. The van der Waals surface area contributed by atoms with E-state index in [4.69, 9.17) is 10.00 Å². The molecule has 1 amide bonds. The molecule has 0 saturated carbocycles. The van der Waals surface area contributed by atoms with E-state index in [1.54, 1.807) is 12.1 Å². The van der Waals surface area contributed by atoms with Gasteiger partial charge >= 0.3 is 5.97 Å². The van der Waals surface area contributed by atoms with Crippen molar-refractivity contribution in [3.8, 4) is 5.40 Å². The van der Waals surface area contributed by atoms with E-state index >= 15 is 0 Å². The van der Waals surface area contributed by atoms with Gasteiger partial charge in [0.2, 0.25) is 0 Å². The van der Waals surface area contributed by atoms with Crippen molar-refractivity contribution >= 4 is 29.3 Å². The minimum Gasteiger partial charge on any atom is -0.456 e. The summed E-state index contributed by atoms with van der Waals surface area (Å²) in [5.41, 5.74) is 2.52. The third kappa shape index (κ3) is 5.94. The van der Waals surface area contributed by atoms with Crippen molar-refractivity contribution in [1.29, 1.82) is 5.26 Å². The molecule has 1 atom stereocenters. The monoisotopic (exact) mass is 368 g/mol. The molecule has 26 heavy (non-hydrogen) atoms. The first kappa shape index (κ1) is 19.5. The highest BCUT2D eigenvalue weighted by molar-refractivity contribution is 8.03. The zero-order valence-corrected chi connectivity index (χ0v) is 15.5. The Morgan fingerprint density at radius 3 is 2.62 bits per heavy atom. The lowest BCUT2D eigenvalue weighted by molar-refractivity contribution is -0.147. The SMILES string of the molecule is Cc1cc(SC#N)ccc1NC(=O)COC(=O)C[C@H](C)c1ccccc1. The second-order valence-corrected chi connectivity index (χ2v) is 6.75. The molecule has 0 bridgehead atoms. The zero-order chi connectivity index (χ0) is 18.9. The molecule has 134 valence electrons. The third-order valence-corrected chi connectivity index (χ3v) is 4.42. The van der Waals surface area contributed by atoms with Crippen molar-refractivity contribution in [3.63, 3.8) is 0 Å². The summed E-state index contributed by atoms with van der Waals surface area (Å²) in [6, 6.07) is 15.0. The van der Waals surface area contributed by atoms with E-state index in [0.29, 0.717) is 5.69 Å². The van der Waals surface area contributed by atoms with Crippen LogP contribution < -0.4 is 5.32 Å². The molecule has 6 heteroatoms. The van der Waals surface area contributed by atoms with Crippen LogP contribution in [-0.4, -0.2) is 18.5 Å². The van der Waals surface area contributed by atoms with E-state index in [9.17, 15) is 9.59 Å². The predicted octanol–water partition coefficient (Wildman–Crippen LogP) is 4.24. The molecule has 0 fully saturated rings. The fourth-order valence-electron chi connectivity index (χ4n) is 2.43. The van der Waals surface area contributed by atoms with Crippen molar-refractivity contribution < 1.29 is 14.3 Å². The van der Waals surface area contributed by atoms with Gasteiger partial charge in [-0.3, -0.25) is 9.59 Å². The smallest absolute Gasteiger partial charge is 0.306 e. The average molecular weight is 368 g/mol. The van der Waals surface area contributed by atoms with E-state index in [2.05, 4.69) is 5.32 Å². The number of benzene rings is 2. The molecule has 0 radical (unpaired) electrons. The number of nitriles is 1. The van der Waals surface area contributed by atoms with Gasteiger partial charge in [-0.2, -0.15) is 5.26 Å². The van der Waals surface area contributed by atoms with Crippen LogP contribution in [0.5, 0.6) is 0 Å². The lowest BCUT2D eigenvalue weighted by Crippen LogP contribution is -2.21. The molecule has 0 aliphatic rings. The predicted molar refractivity (Wildman–Crippen MR) is 102 cm³/mol. The number of ether oxygens (including phenoxy) is 1. The van der Waals surface area contributed by atoms with E-state index in [0.717, 1.165) is 27.8 Å². The largest absolute Gasteiger partial charge is 0.456 e. The van der Waals surface area contributed by atoms with Crippen LogP contribution in [0.1, 0.15) is 30.4 Å². The molecule has 0 aliphatic heterocycles. The molecule has 0 saturated heterocycles. The minimum atomic E-state index is -0.408. The van der Waals surface area contributed by atoms with Gasteiger partial charge in [-0.05, 0) is 53.9 Å². The Hall–Kier alpha value is -2.78. The van der Waals surface area contributed by atoms with Crippen molar-refractivity contribution in [2.24, 2.45) is 0 Å². The van der Waals surface area contributed by atoms with Crippen LogP contribution >= 0.6 is 11.8 Å². The van der Waals surface area contributed by atoms with E-state index < -0.39 is 11.9 Å². The molecule has 0 unspecified atom stereocenters. The highest BCUT2D eigenvalue weighted by Gasteiger charge is 2.14. The number of hydrogen-bond acceptors (Lipinski definition) is 5. The summed E-state index contributed by atoms with van der Waals surface area (Å²) in [7, 11) is 0. The average Bonchev–Trinajstić information content (AvgIpc) is 2.63. The number of rotatable bonds is 7. The van der Waals surface area contributed by atoms with Crippen molar-refractivity contribution in [1.82, 2.24) is 0 Å². The van der Waals surface area contributed by atoms with Crippen molar-refractivity contribution in [2.75, 3.05) is 11.9 Å². The van der Waals surface area contributed by atoms with Gasteiger partial charge in [0.15, 0.2) is 6.61 Å². The van der Waals surface area contributed by atoms with Crippen LogP contribution in [0.2, 0.25) is 0 Å². The van der Waals surface area contributed by atoms with Crippen LogP contribution in [0.15, 0.2) is 53.4 Å². The van der Waals surface area contributed by atoms with Crippen LogP contribution in [0.3, 0.4) is 0 Å². The standard InChI is InChI=1S/C20H20N2O3S/c1-14(16-6-4-3-5-7-16)11-20(24)25-12-19(23)22-18-9-8-17(26-13-21)10-15(18)2/h3-10,14H,11-12H2,1-2H3,(H,22,23)/t14-/m0/s1. The zero-order valence-electron chi connectivity index (χ0n) is 14.7. The van der Waals surface area contributed by atoms with Gasteiger partial charge in [-0.15, -0.1) is 0 Å². The molecular formula is C20H20N2O3S.